The minimum atomic E-state index is 0.440. The van der Waals surface area contributed by atoms with Crippen molar-refractivity contribution in [3.05, 3.63) is 42.0 Å². The van der Waals surface area contributed by atoms with Gasteiger partial charge < -0.3 is 10.2 Å². The van der Waals surface area contributed by atoms with Crippen LogP contribution in [0.4, 0.5) is 5.69 Å². The molecular formula is C15H22N2. The average molecular weight is 230 g/mol. The van der Waals surface area contributed by atoms with Crippen LogP contribution >= 0.6 is 0 Å². The highest BCUT2D eigenvalue weighted by molar-refractivity contribution is 5.49. The van der Waals surface area contributed by atoms with Gasteiger partial charge in [0.1, 0.15) is 0 Å². The minimum Gasteiger partial charge on any atom is -0.368 e. The van der Waals surface area contributed by atoms with Crippen LogP contribution in [0.5, 0.6) is 0 Å². The zero-order valence-electron chi connectivity index (χ0n) is 10.8. The van der Waals surface area contributed by atoms with Crippen molar-refractivity contribution < 1.29 is 0 Å². The minimum absolute atomic E-state index is 0.440. The highest BCUT2D eigenvalue weighted by Gasteiger charge is 2.08. The number of anilines is 1. The van der Waals surface area contributed by atoms with Gasteiger partial charge in [0.05, 0.1) is 0 Å². The van der Waals surface area contributed by atoms with E-state index in [0.29, 0.717) is 6.04 Å². The Labute approximate surface area is 104 Å². The van der Waals surface area contributed by atoms with Crippen molar-refractivity contribution in [2.24, 2.45) is 0 Å². The molecule has 1 heterocycles. The summed E-state index contributed by atoms with van der Waals surface area (Å²) in [6.07, 6.45) is 5.67. The lowest BCUT2D eigenvalue weighted by Gasteiger charge is -2.26. The first-order chi connectivity index (χ1) is 8.31. The van der Waals surface area contributed by atoms with Crippen molar-refractivity contribution in [2.75, 3.05) is 24.5 Å². The maximum Gasteiger partial charge on any atom is 0.0369 e. The monoisotopic (exact) mass is 230 g/mol. The summed E-state index contributed by atoms with van der Waals surface area (Å²) in [4.78, 5) is 2.42. The van der Waals surface area contributed by atoms with E-state index in [9.17, 15) is 0 Å². The molecule has 0 aliphatic carbocycles. The van der Waals surface area contributed by atoms with Crippen LogP contribution in [0.1, 0.15) is 31.9 Å². The number of rotatable bonds is 4. The van der Waals surface area contributed by atoms with E-state index in [-0.39, 0.29) is 0 Å². The Morgan fingerprint density at radius 3 is 2.59 bits per heavy atom. The normalized spacial score (nSPS) is 17.2. The van der Waals surface area contributed by atoms with Gasteiger partial charge in [-0.2, -0.15) is 0 Å². The van der Waals surface area contributed by atoms with E-state index >= 15 is 0 Å². The molecule has 0 fully saturated rings. The Balaban J connectivity index is 2.04. The van der Waals surface area contributed by atoms with E-state index < -0.39 is 0 Å². The Morgan fingerprint density at radius 1 is 1.24 bits per heavy atom. The summed E-state index contributed by atoms with van der Waals surface area (Å²) in [6, 6.07) is 9.39. The van der Waals surface area contributed by atoms with Crippen molar-refractivity contribution in [3.63, 3.8) is 0 Å². The fourth-order valence-electron chi connectivity index (χ4n) is 2.27. The first-order valence-electron chi connectivity index (χ1n) is 6.54. The standard InChI is InChI=1S/C15H22N2/c1-3-16-13(2)14-7-9-15(10-8-14)17-11-5-4-6-12-17/h4-5,7-10,13,16H,3,6,11-12H2,1-2H3. The third-order valence-electron chi connectivity index (χ3n) is 3.33. The van der Waals surface area contributed by atoms with Crippen LogP contribution < -0.4 is 10.2 Å². The zero-order chi connectivity index (χ0) is 12.1. The topological polar surface area (TPSA) is 15.3 Å². The highest BCUT2D eigenvalue weighted by Crippen LogP contribution is 2.20. The lowest BCUT2D eigenvalue weighted by Crippen LogP contribution is -2.26. The van der Waals surface area contributed by atoms with Crippen molar-refractivity contribution in [1.82, 2.24) is 5.32 Å². The summed E-state index contributed by atoms with van der Waals surface area (Å²) in [6.45, 7) is 7.55. The van der Waals surface area contributed by atoms with Crippen LogP contribution in [0.15, 0.2) is 36.4 Å². The predicted molar refractivity (Wildman–Crippen MR) is 74.5 cm³/mol. The van der Waals surface area contributed by atoms with Gasteiger partial charge in [0.25, 0.3) is 0 Å². The summed E-state index contributed by atoms with van der Waals surface area (Å²) >= 11 is 0. The predicted octanol–water partition coefficient (Wildman–Crippen LogP) is 3.12. The first kappa shape index (κ1) is 12.2. The molecule has 0 saturated heterocycles. The Morgan fingerprint density at radius 2 is 2.00 bits per heavy atom. The summed E-state index contributed by atoms with van der Waals surface area (Å²) in [5.74, 6) is 0. The van der Waals surface area contributed by atoms with Gasteiger partial charge in [-0.25, -0.2) is 0 Å². The quantitative estimate of drug-likeness (QED) is 0.799. The molecule has 0 radical (unpaired) electrons. The molecular weight excluding hydrogens is 208 g/mol. The van der Waals surface area contributed by atoms with Gasteiger partial charge in [-0.15, -0.1) is 0 Å². The van der Waals surface area contributed by atoms with E-state index in [0.717, 1.165) is 26.1 Å². The summed E-state index contributed by atoms with van der Waals surface area (Å²) in [5.41, 5.74) is 2.70. The van der Waals surface area contributed by atoms with Crippen LogP contribution in [0.3, 0.4) is 0 Å². The van der Waals surface area contributed by atoms with Crippen LogP contribution in [-0.4, -0.2) is 19.6 Å². The molecule has 1 unspecified atom stereocenters. The Bertz CT molecular complexity index is 367. The molecule has 0 aromatic heterocycles. The summed E-state index contributed by atoms with van der Waals surface area (Å²) in [7, 11) is 0. The van der Waals surface area contributed by atoms with E-state index in [4.69, 9.17) is 0 Å². The maximum absolute atomic E-state index is 3.44. The number of hydrogen-bond acceptors (Lipinski definition) is 2. The largest absolute Gasteiger partial charge is 0.368 e. The molecule has 0 bridgehead atoms. The molecule has 2 heteroatoms. The first-order valence-corrected chi connectivity index (χ1v) is 6.54. The fraction of sp³-hybridized carbons (Fsp3) is 0.467. The smallest absolute Gasteiger partial charge is 0.0369 e. The van der Waals surface area contributed by atoms with Crippen LogP contribution in [-0.2, 0) is 0 Å². The molecule has 1 atom stereocenters. The van der Waals surface area contributed by atoms with E-state index in [1.807, 2.05) is 0 Å². The molecule has 1 N–H and O–H groups in total. The lowest BCUT2D eigenvalue weighted by molar-refractivity contribution is 0.598. The van der Waals surface area contributed by atoms with Gasteiger partial charge in [0, 0.05) is 24.8 Å². The molecule has 1 aromatic carbocycles. The SMILES string of the molecule is CCNC(C)c1ccc(N2CC=CCC2)cc1. The van der Waals surface area contributed by atoms with Gasteiger partial charge in [0.2, 0.25) is 0 Å². The molecule has 2 rings (SSSR count). The van der Waals surface area contributed by atoms with Crippen molar-refractivity contribution in [2.45, 2.75) is 26.3 Å². The van der Waals surface area contributed by atoms with Gasteiger partial charge in [-0.1, -0.05) is 31.2 Å². The number of nitrogens with zero attached hydrogens (tertiary/aromatic N) is 1. The molecule has 2 nitrogen and oxygen atoms in total. The molecule has 1 aromatic rings. The van der Waals surface area contributed by atoms with Crippen LogP contribution in [0.25, 0.3) is 0 Å². The van der Waals surface area contributed by atoms with Crippen molar-refractivity contribution in [3.8, 4) is 0 Å². The van der Waals surface area contributed by atoms with Gasteiger partial charge in [-0.05, 0) is 37.6 Å². The second-order valence-corrected chi connectivity index (χ2v) is 4.58. The van der Waals surface area contributed by atoms with Gasteiger partial charge >= 0.3 is 0 Å². The third-order valence-corrected chi connectivity index (χ3v) is 3.33. The second kappa shape index (κ2) is 5.87. The third kappa shape index (κ3) is 3.10. The summed E-state index contributed by atoms with van der Waals surface area (Å²) in [5, 5.41) is 3.44. The number of benzene rings is 1. The van der Waals surface area contributed by atoms with Gasteiger partial charge in [0.15, 0.2) is 0 Å². The fourth-order valence-corrected chi connectivity index (χ4v) is 2.27. The molecule has 0 amide bonds. The van der Waals surface area contributed by atoms with Crippen molar-refractivity contribution >= 4 is 5.69 Å². The molecule has 17 heavy (non-hydrogen) atoms. The van der Waals surface area contributed by atoms with Crippen LogP contribution in [0, 0.1) is 0 Å². The molecule has 0 spiro atoms. The molecule has 0 saturated carbocycles. The van der Waals surface area contributed by atoms with Crippen LogP contribution in [0.2, 0.25) is 0 Å². The molecule has 1 aliphatic heterocycles. The van der Waals surface area contributed by atoms with E-state index in [1.54, 1.807) is 0 Å². The molecule has 92 valence electrons. The van der Waals surface area contributed by atoms with Crippen molar-refractivity contribution in [1.29, 1.82) is 0 Å². The lowest BCUT2D eigenvalue weighted by atomic mass is 10.1. The van der Waals surface area contributed by atoms with Gasteiger partial charge in [-0.3, -0.25) is 0 Å². The molecule has 1 aliphatic rings. The average Bonchev–Trinajstić information content (AvgIpc) is 2.40. The Kier molecular flexibility index (Phi) is 4.21. The number of hydrogen-bond donors (Lipinski definition) is 1. The second-order valence-electron chi connectivity index (χ2n) is 4.58. The number of nitrogens with one attached hydrogen (secondary N) is 1. The zero-order valence-corrected chi connectivity index (χ0v) is 10.8. The summed E-state index contributed by atoms with van der Waals surface area (Å²) < 4.78 is 0. The maximum atomic E-state index is 3.44. The Hall–Kier alpha value is -1.28. The van der Waals surface area contributed by atoms with E-state index in [1.165, 1.54) is 11.3 Å². The highest BCUT2D eigenvalue weighted by atomic mass is 15.1. The van der Waals surface area contributed by atoms with E-state index in [2.05, 4.69) is 60.5 Å².